The Morgan fingerprint density at radius 3 is 2.13 bits per heavy atom. The molecule has 0 bridgehead atoms. The molecule has 0 saturated heterocycles. The van der Waals surface area contributed by atoms with Crippen molar-refractivity contribution in [2.75, 3.05) is 42.0 Å². The molecule has 0 N–H and O–H groups in total. The molecule has 0 radical (unpaired) electrons. The van der Waals surface area contributed by atoms with Crippen molar-refractivity contribution in [1.82, 2.24) is 0 Å². The van der Waals surface area contributed by atoms with E-state index >= 15 is 0 Å². The highest BCUT2D eigenvalue weighted by Gasteiger charge is 2.46. The van der Waals surface area contributed by atoms with E-state index in [9.17, 15) is 4.79 Å². The van der Waals surface area contributed by atoms with E-state index in [0.717, 1.165) is 29.7 Å². The van der Waals surface area contributed by atoms with Crippen LogP contribution in [0.15, 0.2) is 60.7 Å². The summed E-state index contributed by atoms with van der Waals surface area (Å²) in [6.07, 6.45) is 1.50. The molecule has 4 rings (SSSR count). The Labute approximate surface area is 225 Å². The fraction of sp³-hybridized carbons (Fsp3) is 0.387. The van der Waals surface area contributed by atoms with Gasteiger partial charge in [-0.3, -0.25) is 0 Å². The van der Waals surface area contributed by atoms with Gasteiger partial charge in [-0.2, -0.15) is 0 Å². The SMILES string of the molecule is COc1ccc(CC2c3cc(OC)c(OC)cc3CC[N+]2(C)C(C)C(=O)OCc2ccccc2)cc1OC. The zero-order chi connectivity index (χ0) is 27.3. The van der Waals surface area contributed by atoms with Gasteiger partial charge in [0, 0.05) is 18.4 Å². The number of carbonyl (C=O) groups excluding carboxylic acids is 1. The number of ether oxygens (including phenoxy) is 5. The second-order valence-corrected chi connectivity index (χ2v) is 9.90. The van der Waals surface area contributed by atoms with Gasteiger partial charge in [0.1, 0.15) is 12.6 Å². The first-order valence-corrected chi connectivity index (χ1v) is 12.9. The minimum Gasteiger partial charge on any atom is -0.493 e. The molecule has 3 aromatic carbocycles. The van der Waals surface area contributed by atoms with Crippen molar-refractivity contribution in [2.45, 2.75) is 38.5 Å². The lowest BCUT2D eigenvalue weighted by Gasteiger charge is -2.48. The number of fused-ring (bicyclic) bond motifs is 1. The van der Waals surface area contributed by atoms with Crippen LogP contribution in [0.3, 0.4) is 0 Å². The lowest BCUT2D eigenvalue weighted by atomic mass is 9.85. The predicted molar refractivity (Wildman–Crippen MR) is 146 cm³/mol. The summed E-state index contributed by atoms with van der Waals surface area (Å²) < 4.78 is 28.6. The number of esters is 1. The topological polar surface area (TPSA) is 63.2 Å². The van der Waals surface area contributed by atoms with Gasteiger partial charge in [-0.1, -0.05) is 36.4 Å². The van der Waals surface area contributed by atoms with Crippen LogP contribution in [-0.4, -0.2) is 58.5 Å². The van der Waals surface area contributed by atoms with Gasteiger partial charge < -0.3 is 28.2 Å². The van der Waals surface area contributed by atoms with Gasteiger partial charge in [-0.05, 0) is 47.9 Å². The van der Waals surface area contributed by atoms with E-state index in [0.29, 0.717) is 33.9 Å². The van der Waals surface area contributed by atoms with Crippen molar-refractivity contribution >= 4 is 5.97 Å². The smallest absolute Gasteiger partial charge is 0.365 e. The van der Waals surface area contributed by atoms with E-state index in [2.05, 4.69) is 25.2 Å². The second kappa shape index (κ2) is 11.8. The molecule has 0 aliphatic carbocycles. The van der Waals surface area contributed by atoms with E-state index in [4.69, 9.17) is 23.7 Å². The molecule has 0 fully saturated rings. The van der Waals surface area contributed by atoms with Crippen LogP contribution >= 0.6 is 0 Å². The average Bonchev–Trinajstić information content (AvgIpc) is 2.96. The number of quaternary nitrogens is 1. The molecular formula is C31H38NO6+. The number of hydrogen-bond acceptors (Lipinski definition) is 6. The van der Waals surface area contributed by atoms with Gasteiger partial charge in [-0.25, -0.2) is 4.79 Å². The minimum absolute atomic E-state index is 0.0315. The quantitative estimate of drug-likeness (QED) is 0.273. The van der Waals surface area contributed by atoms with Crippen molar-refractivity contribution in [3.63, 3.8) is 0 Å². The number of benzene rings is 3. The normalized spacial score (nSPS) is 19.2. The lowest BCUT2D eigenvalue weighted by molar-refractivity contribution is -0.954. The summed E-state index contributed by atoms with van der Waals surface area (Å²) in [5.41, 5.74) is 4.41. The summed E-state index contributed by atoms with van der Waals surface area (Å²) >= 11 is 0. The van der Waals surface area contributed by atoms with E-state index < -0.39 is 0 Å². The Morgan fingerprint density at radius 2 is 1.47 bits per heavy atom. The van der Waals surface area contributed by atoms with Gasteiger partial charge in [-0.15, -0.1) is 0 Å². The molecule has 7 heteroatoms. The van der Waals surface area contributed by atoms with Crippen LogP contribution < -0.4 is 18.9 Å². The molecule has 3 unspecified atom stereocenters. The first kappa shape index (κ1) is 27.3. The molecule has 1 aliphatic rings. The zero-order valence-corrected chi connectivity index (χ0v) is 23.2. The molecular weight excluding hydrogens is 482 g/mol. The fourth-order valence-electron chi connectivity index (χ4n) is 5.40. The van der Waals surface area contributed by atoms with Gasteiger partial charge in [0.25, 0.3) is 0 Å². The Hall–Kier alpha value is -3.71. The molecule has 0 amide bonds. The van der Waals surface area contributed by atoms with Gasteiger partial charge in [0.05, 0.1) is 42.0 Å². The summed E-state index contributed by atoms with van der Waals surface area (Å²) in [4.78, 5) is 13.4. The summed E-state index contributed by atoms with van der Waals surface area (Å²) in [7, 11) is 8.72. The monoisotopic (exact) mass is 520 g/mol. The highest BCUT2D eigenvalue weighted by molar-refractivity contribution is 5.74. The summed E-state index contributed by atoms with van der Waals surface area (Å²) in [5, 5.41) is 0. The molecule has 0 aromatic heterocycles. The molecule has 7 nitrogen and oxygen atoms in total. The number of hydrogen-bond donors (Lipinski definition) is 0. The Balaban J connectivity index is 1.71. The van der Waals surface area contributed by atoms with Crippen molar-refractivity contribution in [3.05, 3.63) is 82.9 Å². The maximum Gasteiger partial charge on any atom is 0.365 e. The van der Waals surface area contributed by atoms with Crippen LogP contribution in [0.4, 0.5) is 0 Å². The zero-order valence-electron chi connectivity index (χ0n) is 23.2. The lowest BCUT2D eigenvalue weighted by Crippen LogP contribution is -2.60. The number of carbonyl (C=O) groups is 1. The maximum absolute atomic E-state index is 13.4. The number of likely N-dealkylation sites (N-methyl/N-ethyl adjacent to an activating group) is 1. The van der Waals surface area contributed by atoms with Crippen LogP contribution in [0.2, 0.25) is 0 Å². The van der Waals surface area contributed by atoms with Crippen LogP contribution in [0.1, 0.15) is 35.2 Å². The molecule has 3 atom stereocenters. The van der Waals surface area contributed by atoms with Crippen LogP contribution in [0.5, 0.6) is 23.0 Å². The average molecular weight is 521 g/mol. The third-order valence-electron chi connectivity index (χ3n) is 7.91. The van der Waals surface area contributed by atoms with E-state index in [1.165, 1.54) is 5.56 Å². The summed E-state index contributed by atoms with van der Waals surface area (Å²) in [6.45, 7) is 3.01. The van der Waals surface area contributed by atoms with E-state index in [1.54, 1.807) is 28.4 Å². The molecule has 0 spiro atoms. The first-order chi connectivity index (χ1) is 18.3. The van der Waals surface area contributed by atoms with Gasteiger partial charge in [0.15, 0.2) is 29.0 Å². The minimum atomic E-state index is -0.384. The highest BCUT2D eigenvalue weighted by Crippen LogP contribution is 2.44. The third kappa shape index (κ3) is 5.43. The third-order valence-corrected chi connectivity index (χ3v) is 7.91. The molecule has 0 saturated carbocycles. The summed E-state index contributed by atoms with van der Waals surface area (Å²) in [6, 6.07) is 19.5. The van der Waals surface area contributed by atoms with Crippen molar-refractivity contribution in [1.29, 1.82) is 0 Å². The molecule has 202 valence electrons. The summed E-state index contributed by atoms with van der Waals surface area (Å²) in [5.74, 6) is 2.54. The molecule has 1 heterocycles. The fourth-order valence-corrected chi connectivity index (χ4v) is 5.40. The van der Waals surface area contributed by atoms with Crippen molar-refractivity contribution < 1.29 is 33.0 Å². The second-order valence-electron chi connectivity index (χ2n) is 9.90. The Morgan fingerprint density at radius 1 is 0.842 bits per heavy atom. The van der Waals surface area contributed by atoms with E-state index in [1.807, 2.05) is 49.4 Å². The molecule has 1 aliphatic heterocycles. The molecule has 3 aromatic rings. The standard InChI is InChI=1S/C31H38NO6/c1-21(31(33)38-20-22-10-8-7-9-11-22)32(2)15-14-24-18-29(36-5)30(37-6)19-25(24)26(32)16-23-12-13-27(34-3)28(17-23)35-4/h7-13,17-19,21,26H,14-16,20H2,1-6H3/q+1. The van der Waals surface area contributed by atoms with Crippen LogP contribution in [0.25, 0.3) is 0 Å². The van der Waals surface area contributed by atoms with Gasteiger partial charge >= 0.3 is 5.97 Å². The van der Waals surface area contributed by atoms with Gasteiger partial charge in [0.2, 0.25) is 0 Å². The van der Waals surface area contributed by atoms with Crippen molar-refractivity contribution in [3.8, 4) is 23.0 Å². The Bertz CT molecular complexity index is 1260. The largest absolute Gasteiger partial charge is 0.493 e. The van der Waals surface area contributed by atoms with Crippen LogP contribution in [-0.2, 0) is 29.0 Å². The number of nitrogens with zero attached hydrogens (tertiary/aromatic N) is 1. The first-order valence-electron chi connectivity index (χ1n) is 12.9. The highest BCUT2D eigenvalue weighted by atomic mass is 16.5. The maximum atomic E-state index is 13.4. The Kier molecular flexibility index (Phi) is 8.47. The predicted octanol–water partition coefficient (Wildman–Crippen LogP) is 5.14. The molecule has 38 heavy (non-hydrogen) atoms. The van der Waals surface area contributed by atoms with E-state index in [-0.39, 0.29) is 24.7 Å². The number of methoxy groups -OCH3 is 4. The number of rotatable bonds is 10. The van der Waals surface area contributed by atoms with Crippen LogP contribution in [0, 0.1) is 0 Å². The van der Waals surface area contributed by atoms with Crippen molar-refractivity contribution in [2.24, 2.45) is 0 Å².